The van der Waals surface area contributed by atoms with Crippen LogP contribution < -0.4 is 0 Å². The summed E-state index contributed by atoms with van der Waals surface area (Å²) in [4.78, 5) is 16.6. The van der Waals surface area contributed by atoms with Crippen LogP contribution in [0.4, 0.5) is 8.78 Å². The molecule has 1 atom stereocenters. The minimum absolute atomic E-state index is 0.0464. The zero-order chi connectivity index (χ0) is 17.7. The number of aliphatic carboxylic acids is 1. The number of carboxylic acids is 1. The van der Waals surface area contributed by atoms with E-state index < -0.39 is 17.6 Å². The van der Waals surface area contributed by atoms with Crippen LogP contribution in [0.15, 0.2) is 22.7 Å². The lowest BCUT2D eigenvalue weighted by Crippen LogP contribution is -2.22. The predicted octanol–water partition coefficient (Wildman–Crippen LogP) is 2.95. The van der Waals surface area contributed by atoms with Crippen molar-refractivity contribution in [1.29, 1.82) is 0 Å². The summed E-state index contributed by atoms with van der Waals surface area (Å²) in [5.74, 6) is -1.78. The highest BCUT2D eigenvalue weighted by molar-refractivity contribution is 5.66. The first-order valence-corrected chi connectivity index (χ1v) is 7.55. The summed E-state index contributed by atoms with van der Waals surface area (Å²) in [6, 6.07) is 3.63. The second-order valence-corrected chi connectivity index (χ2v) is 5.62. The molecule has 0 aliphatic heterocycles. The average Bonchev–Trinajstić information content (AvgIpc) is 2.96. The van der Waals surface area contributed by atoms with Crippen molar-refractivity contribution in [2.45, 2.75) is 38.8 Å². The van der Waals surface area contributed by atoms with E-state index in [1.165, 1.54) is 12.1 Å². The monoisotopic (exact) mass is 339 g/mol. The Morgan fingerprint density at radius 2 is 2.12 bits per heavy atom. The van der Waals surface area contributed by atoms with Gasteiger partial charge in [-0.05, 0) is 38.1 Å². The highest BCUT2D eigenvalue weighted by Gasteiger charge is 2.17. The van der Waals surface area contributed by atoms with E-state index in [0.29, 0.717) is 36.7 Å². The van der Waals surface area contributed by atoms with Gasteiger partial charge in [-0.15, -0.1) is 0 Å². The van der Waals surface area contributed by atoms with Gasteiger partial charge in [0.25, 0.3) is 0 Å². The molecule has 1 unspecified atom stereocenters. The van der Waals surface area contributed by atoms with Gasteiger partial charge in [-0.3, -0.25) is 9.69 Å². The van der Waals surface area contributed by atoms with E-state index in [1.807, 2.05) is 18.9 Å². The van der Waals surface area contributed by atoms with Crippen molar-refractivity contribution >= 4 is 5.97 Å². The van der Waals surface area contributed by atoms with Crippen molar-refractivity contribution in [3.63, 3.8) is 0 Å². The maximum Gasteiger partial charge on any atom is 0.303 e. The van der Waals surface area contributed by atoms with Crippen molar-refractivity contribution in [1.82, 2.24) is 15.0 Å². The SMILES string of the molecule is CC(c1ccc(F)c(F)c1)N(C)Cc1noc(CCCC(=O)O)n1. The van der Waals surface area contributed by atoms with E-state index in [2.05, 4.69) is 10.1 Å². The molecule has 130 valence electrons. The molecule has 1 aromatic carbocycles. The summed E-state index contributed by atoms with van der Waals surface area (Å²) >= 11 is 0. The van der Waals surface area contributed by atoms with Gasteiger partial charge in [-0.2, -0.15) is 4.98 Å². The van der Waals surface area contributed by atoms with Crippen LogP contribution in [0, 0.1) is 11.6 Å². The van der Waals surface area contributed by atoms with Crippen LogP contribution in [0.3, 0.4) is 0 Å². The molecule has 0 saturated carbocycles. The fraction of sp³-hybridized carbons (Fsp3) is 0.438. The minimum atomic E-state index is -0.881. The van der Waals surface area contributed by atoms with Crippen molar-refractivity contribution < 1.29 is 23.2 Å². The Kier molecular flexibility index (Phi) is 5.97. The van der Waals surface area contributed by atoms with Crippen LogP contribution in [0.25, 0.3) is 0 Å². The first-order valence-electron chi connectivity index (χ1n) is 7.55. The molecule has 0 aliphatic carbocycles. The number of aryl methyl sites for hydroxylation is 1. The Hall–Kier alpha value is -2.35. The smallest absolute Gasteiger partial charge is 0.303 e. The van der Waals surface area contributed by atoms with E-state index in [-0.39, 0.29) is 12.5 Å². The van der Waals surface area contributed by atoms with Gasteiger partial charge in [-0.1, -0.05) is 11.2 Å². The van der Waals surface area contributed by atoms with Crippen molar-refractivity contribution in [2.24, 2.45) is 0 Å². The van der Waals surface area contributed by atoms with Gasteiger partial charge in [0.1, 0.15) is 0 Å². The Bertz CT molecular complexity index is 706. The van der Waals surface area contributed by atoms with E-state index >= 15 is 0 Å². The van der Waals surface area contributed by atoms with E-state index in [9.17, 15) is 13.6 Å². The van der Waals surface area contributed by atoms with Crippen molar-refractivity contribution in [3.8, 4) is 0 Å². The molecule has 0 amide bonds. The van der Waals surface area contributed by atoms with Crippen LogP contribution in [-0.2, 0) is 17.8 Å². The second kappa shape index (κ2) is 7.96. The second-order valence-electron chi connectivity index (χ2n) is 5.62. The number of hydrogen-bond donors (Lipinski definition) is 1. The Balaban J connectivity index is 1.93. The molecule has 1 heterocycles. The molecule has 24 heavy (non-hydrogen) atoms. The zero-order valence-corrected chi connectivity index (χ0v) is 13.5. The molecule has 2 rings (SSSR count). The molecule has 1 aromatic heterocycles. The fourth-order valence-electron chi connectivity index (χ4n) is 2.23. The molecule has 0 spiro atoms. The largest absolute Gasteiger partial charge is 0.481 e. The number of hydrogen-bond acceptors (Lipinski definition) is 5. The highest BCUT2D eigenvalue weighted by Crippen LogP contribution is 2.22. The topological polar surface area (TPSA) is 79.5 Å². The molecule has 0 aliphatic rings. The standard InChI is InChI=1S/C16H19F2N3O3/c1-10(11-6-7-12(17)13(18)8-11)21(2)9-14-19-15(24-20-14)4-3-5-16(22)23/h6-8,10H,3-5,9H2,1-2H3,(H,22,23). The molecule has 0 saturated heterocycles. The number of aromatic nitrogens is 2. The van der Waals surface area contributed by atoms with Crippen LogP contribution in [-0.4, -0.2) is 33.2 Å². The molecule has 1 N–H and O–H groups in total. The van der Waals surface area contributed by atoms with Gasteiger partial charge >= 0.3 is 5.97 Å². The van der Waals surface area contributed by atoms with Gasteiger partial charge < -0.3 is 9.63 Å². The van der Waals surface area contributed by atoms with Crippen LogP contribution in [0.1, 0.15) is 43.1 Å². The van der Waals surface area contributed by atoms with Gasteiger partial charge in [0, 0.05) is 18.9 Å². The summed E-state index contributed by atoms with van der Waals surface area (Å²) < 4.78 is 31.4. The Morgan fingerprint density at radius 3 is 2.79 bits per heavy atom. The normalized spacial score (nSPS) is 12.5. The third kappa shape index (κ3) is 4.82. The number of nitrogens with zero attached hydrogens (tertiary/aromatic N) is 3. The van der Waals surface area contributed by atoms with Crippen molar-refractivity contribution in [2.75, 3.05) is 7.05 Å². The fourth-order valence-corrected chi connectivity index (χ4v) is 2.23. The number of halogens is 2. The lowest BCUT2D eigenvalue weighted by atomic mass is 10.1. The molecule has 8 heteroatoms. The quantitative estimate of drug-likeness (QED) is 0.796. The average molecular weight is 339 g/mol. The maximum atomic E-state index is 13.3. The third-order valence-corrected chi connectivity index (χ3v) is 3.77. The van der Waals surface area contributed by atoms with Gasteiger partial charge in [0.2, 0.25) is 5.89 Å². The lowest BCUT2D eigenvalue weighted by Gasteiger charge is -2.23. The number of rotatable bonds is 8. The molecule has 6 nitrogen and oxygen atoms in total. The molecular formula is C16H19F2N3O3. The lowest BCUT2D eigenvalue weighted by molar-refractivity contribution is -0.137. The zero-order valence-electron chi connectivity index (χ0n) is 13.5. The maximum absolute atomic E-state index is 13.3. The van der Waals surface area contributed by atoms with E-state index in [4.69, 9.17) is 9.63 Å². The summed E-state index contributed by atoms with van der Waals surface area (Å²) in [7, 11) is 1.81. The van der Waals surface area contributed by atoms with E-state index in [1.54, 1.807) is 0 Å². The predicted molar refractivity (Wildman–Crippen MR) is 81.1 cm³/mol. The molecule has 0 fully saturated rings. The summed E-state index contributed by atoms with van der Waals surface area (Å²) in [6.45, 7) is 2.23. The van der Waals surface area contributed by atoms with Crippen LogP contribution in [0.2, 0.25) is 0 Å². The highest BCUT2D eigenvalue weighted by atomic mass is 19.2. The van der Waals surface area contributed by atoms with E-state index in [0.717, 1.165) is 6.07 Å². The summed E-state index contributed by atoms with van der Waals surface area (Å²) in [5.41, 5.74) is 0.640. The van der Waals surface area contributed by atoms with Crippen LogP contribution >= 0.6 is 0 Å². The summed E-state index contributed by atoms with van der Waals surface area (Å²) in [6.07, 6.45) is 0.880. The van der Waals surface area contributed by atoms with Crippen LogP contribution in [0.5, 0.6) is 0 Å². The van der Waals surface area contributed by atoms with Gasteiger partial charge in [0.15, 0.2) is 17.5 Å². The number of carbonyl (C=O) groups is 1. The van der Waals surface area contributed by atoms with Gasteiger partial charge in [-0.25, -0.2) is 8.78 Å². The third-order valence-electron chi connectivity index (χ3n) is 3.77. The summed E-state index contributed by atoms with van der Waals surface area (Å²) in [5, 5.41) is 12.5. The molecule has 2 aromatic rings. The van der Waals surface area contributed by atoms with Gasteiger partial charge in [0.05, 0.1) is 6.54 Å². The molecule has 0 bridgehead atoms. The minimum Gasteiger partial charge on any atom is -0.481 e. The first kappa shape index (κ1) is 18.0. The van der Waals surface area contributed by atoms with Crippen molar-refractivity contribution in [3.05, 3.63) is 47.1 Å². The Morgan fingerprint density at radius 1 is 1.38 bits per heavy atom. The first-order chi connectivity index (χ1) is 11.4. The number of carboxylic acid groups (broad SMARTS) is 1. The number of benzene rings is 1. The molecular weight excluding hydrogens is 320 g/mol. The Labute approximate surface area is 138 Å². The molecule has 0 radical (unpaired) electrons.